The molecule has 0 radical (unpaired) electrons. The van der Waals surface area contributed by atoms with Crippen LogP contribution in [-0.2, 0) is 11.8 Å². The zero-order valence-electron chi connectivity index (χ0n) is 8.30. The molecule has 0 bridgehead atoms. The van der Waals surface area contributed by atoms with E-state index in [0.717, 1.165) is 0 Å². The first-order valence-electron chi connectivity index (χ1n) is 4.26. The predicted molar refractivity (Wildman–Crippen MR) is 51.8 cm³/mol. The number of aromatic nitrogens is 3. The number of imidazole rings is 1. The van der Waals surface area contributed by atoms with Crippen LogP contribution in [0.5, 0.6) is 0 Å². The zero-order valence-corrected chi connectivity index (χ0v) is 8.30. The van der Waals surface area contributed by atoms with E-state index < -0.39 is 11.5 Å². The maximum Gasteiger partial charge on any atom is 0.345 e. The summed E-state index contributed by atoms with van der Waals surface area (Å²) in [5.74, 6) is -0.196. The maximum absolute atomic E-state index is 11.8. The molecule has 0 saturated heterocycles. The molecule has 15 heavy (non-hydrogen) atoms. The highest BCUT2D eigenvalue weighted by Gasteiger charge is 2.14. The molecule has 0 saturated carbocycles. The summed E-state index contributed by atoms with van der Waals surface area (Å²) in [6, 6.07) is 0. The molecular weight excluding hydrogens is 198 g/mol. The highest BCUT2D eigenvalue weighted by Crippen LogP contribution is 1.99. The average molecular weight is 207 g/mol. The largest absolute Gasteiger partial charge is 0.465 e. The van der Waals surface area contributed by atoms with Crippen molar-refractivity contribution in [2.45, 2.75) is 0 Å². The van der Waals surface area contributed by atoms with Crippen molar-refractivity contribution < 1.29 is 9.53 Å². The predicted octanol–water partition coefficient (Wildman–Crippen LogP) is -0.180. The number of methoxy groups -OCH3 is 1. The first kappa shape index (κ1) is 9.45. The normalized spacial score (nSPS) is 10.5. The second-order valence-electron chi connectivity index (χ2n) is 3.05. The van der Waals surface area contributed by atoms with Crippen molar-refractivity contribution in [2.24, 2.45) is 7.05 Å². The first-order chi connectivity index (χ1) is 7.15. The summed E-state index contributed by atoms with van der Waals surface area (Å²) in [5, 5.41) is 0. The molecule has 2 aromatic heterocycles. The van der Waals surface area contributed by atoms with Gasteiger partial charge in [0, 0.05) is 19.4 Å². The van der Waals surface area contributed by atoms with Gasteiger partial charge >= 0.3 is 5.97 Å². The molecule has 0 aliphatic heterocycles. The minimum absolute atomic E-state index is 0.0683. The molecule has 0 N–H and O–H groups in total. The van der Waals surface area contributed by atoms with Crippen molar-refractivity contribution in [3.8, 4) is 0 Å². The Hall–Kier alpha value is -2.11. The van der Waals surface area contributed by atoms with Crippen molar-refractivity contribution in [1.82, 2.24) is 14.0 Å². The molecule has 78 valence electrons. The number of hydrogen-bond donors (Lipinski definition) is 0. The third-order valence-electron chi connectivity index (χ3n) is 2.13. The third kappa shape index (κ3) is 1.30. The van der Waals surface area contributed by atoms with Gasteiger partial charge in [0.05, 0.1) is 13.3 Å². The Bertz CT molecular complexity index is 582. The summed E-state index contributed by atoms with van der Waals surface area (Å²) in [4.78, 5) is 26.9. The molecule has 0 unspecified atom stereocenters. The van der Waals surface area contributed by atoms with Gasteiger partial charge in [-0.2, -0.15) is 0 Å². The van der Waals surface area contributed by atoms with E-state index in [4.69, 9.17) is 0 Å². The number of esters is 1. The highest BCUT2D eigenvalue weighted by molar-refractivity contribution is 5.88. The molecular formula is C9H9N3O3. The quantitative estimate of drug-likeness (QED) is 0.608. The van der Waals surface area contributed by atoms with Crippen LogP contribution in [0, 0.1) is 0 Å². The standard InChI is InChI=1S/C9H9N3O3/c1-11-3-4-12-7(13)6(8(14)15-2)5-10-9(11)12/h3-5H,1-2H3. The minimum Gasteiger partial charge on any atom is -0.465 e. The second kappa shape index (κ2) is 3.23. The molecule has 0 atom stereocenters. The van der Waals surface area contributed by atoms with Crippen molar-refractivity contribution in [1.29, 1.82) is 0 Å². The van der Waals surface area contributed by atoms with E-state index in [1.165, 1.54) is 17.7 Å². The monoisotopic (exact) mass is 207 g/mol. The van der Waals surface area contributed by atoms with Crippen LogP contribution in [0.15, 0.2) is 23.4 Å². The number of fused-ring (bicyclic) bond motifs is 1. The van der Waals surface area contributed by atoms with Crippen molar-refractivity contribution in [3.05, 3.63) is 34.5 Å². The number of carbonyl (C=O) groups is 1. The molecule has 0 aliphatic carbocycles. The second-order valence-corrected chi connectivity index (χ2v) is 3.05. The molecule has 0 amide bonds. The van der Waals surface area contributed by atoms with Gasteiger partial charge in [-0.15, -0.1) is 0 Å². The minimum atomic E-state index is -0.675. The van der Waals surface area contributed by atoms with Crippen LogP contribution in [0.25, 0.3) is 5.78 Å². The van der Waals surface area contributed by atoms with E-state index in [2.05, 4.69) is 9.72 Å². The summed E-state index contributed by atoms with van der Waals surface area (Å²) >= 11 is 0. The van der Waals surface area contributed by atoms with E-state index in [9.17, 15) is 9.59 Å². The lowest BCUT2D eigenvalue weighted by molar-refractivity contribution is 0.0598. The van der Waals surface area contributed by atoms with Crippen LogP contribution in [0.1, 0.15) is 10.4 Å². The zero-order chi connectivity index (χ0) is 11.0. The highest BCUT2D eigenvalue weighted by atomic mass is 16.5. The fourth-order valence-electron chi connectivity index (χ4n) is 1.34. The Balaban J connectivity index is 2.77. The molecule has 6 heteroatoms. The van der Waals surface area contributed by atoms with E-state index >= 15 is 0 Å². The van der Waals surface area contributed by atoms with Crippen LogP contribution in [0.3, 0.4) is 0 Å². The number of hydrogen-bond acceptors (Lipinski definition) is 4. The Morgan fingerprint density at radius 1 is 1.47 bits per heavy atom. The number of nitrogens with zero attached hydrogens (tertiary/aromatic N) is 3. The van der Waals surface area contributed by atoms with Crippen LogP contribution in [-0.4, -0.2) is 27.0 Å². The van der Waals surface area contributed by atoms with Gasteiger partial charge in [-0.05, 0) is 0 Å². The number of aryl methyl sites for hydroxylation is 1. The van der Waals surface area contributed by atoms with E-state index in [0.29, 0.717) is 5.78 Å². The van der Waals surface area contributed by atoms with Gasteiger partial charge in [-0.1, -0.05) is 0 Å². The number of ether oxygens (including phenoxy) is 1. The van der Waals surface area contributed by atoms with Gasteiger partial charge < -0.3 is 9.30 Å². The van der Waals surface area contributed by atoms with Crippen molar-refractivity contribution >= 4 is 11.7 Å². The fourth-order valence-corrected chi connectivity index (χ4v) is 1.34. The SMILES string of the molecule is COC(=O)c1cnc2n(C)ccn2c1=O. The summed E-state index contributed by atoms with van der Waals surface area (Å²) in [7, 11) is 2.99. The lowest BCUT2D eigenvalue weighted by atomic mass is 10.3. The smallest absolute Gasteiger partial charge is 0.345 e. The van der Waals surface area contributed by atoms with Crippen LogP contribution in [0.4, 0.5) is 0 Å². The molecule has 0 spiro atoms. The first-order valence-corrected chi connectivity index (χ1v) is 4.26. The fraction of sp³-hybridized carbons (Fsp3) is 0.222. The van der Waals surface area contributed by atoms with Gasteiger partial charge in [-0.25, -0.2) is 9.78 Å². The molecule has 0 aliphatic rings. The summed E-state index contributed by atoms with van der Waals surface area (Å²) in [6.07, 6.45) is 4.46. The third-order valence-corrected chi connectivity index (χ3v) is 2.13. The van der Waals surface area contributed by atoms with Crippen molar-refractivity contribution in [2.75, 3.05) is 7.11 Å². The topological polar surface area (TPSA) is 65.6 Å². The Morgan fingerprint density at radius 3 is 2.87 bits per heavy atom. The van der Waals surface area contributed by atoms with Gasteiger partial charge in [0.15, 0.2) is 0 Å². The van der Waals surface area contributed by atoms with Gasteiger partial charge in [0.25, 0.3) is 5.56 Å². The molecule has 2 rings (SSSR count). The number of carbonyl (C=O) groups excluding carboxylic acids is 1. The Kier molecular flexibility index (Phi) is 2.03. The Labute approximate surface area is 84.7 Å². The van der Waals surface area contributed by atoms with E-state index in [-0.39, 0.29) is 5.56 Å². The average Bonchev–Trinajstić information content (AvgIpc) is 2.61. The Morgan fingerprint density at radius 2 is 2.20 bits per heavy atom. The van der Waals surface area contributed by atoms with Gasteiger partial charge in [-0.3, -0.25) is 9.20 Å². The molecule has 0 aromatic carbocycles. The van der Waals surface area contributed by atoms with Gasteiger partial charge in [0.1, 0.15) is 5.56 Å². The van der Waals surface area contributed by atoms with E-state index in [1.807, 2.05) is 0 Å². The molecule has 2 aromatic rings. The number of rotatable bonds is 1. The summed E-state index contributed by atoms with van der Waals surface area (Å²) in [6.45, 7) is 0. The van der Waals surface area contributed by atoms with Crippen LogP contribution < -0.4 is 5.56 Å². The molecule has 6 nitrogen and oxygen atoms in total. The molecule has 0 fully saturated rings. The van der Waals surface area contributed by atoms with E-state index in [1.54, 1.807) is 24.0 Å². The van der Waals surface area contributed by atoms with Crippen LogP contribution >= 0.6 is 0 Å². The summed E-state index contributed by atoms with van der Waals surface area (Å²) in [5.41, 5.74) is -0.492. The van der Waals surface area contributed by atoms with Crippen LogP contribution in [0.2, 0.25) is 0 Å². The lowest BCUT2D eigenvalue weighted by Crippen LogP contribution is -2.23. The molecule has 2 heterocycles. The summed E-state index contributed by atoms with van der Waals surface area (Å²) < 4.78 is 7.45. The lowest BCUT2D eigenvalue weighted by Gasteiger charge is -1.99. The van der Waals surface area contributed by atoms with Crippen molar-refractivity contribution in [3.63, 3.8) is 0 Å². The maximum atomic E-state index is 11.8. The van der Waals surface area contributed by atoms with Gasteiger partial charge in [0.2, 0.25) is 5.78 Å².